The van der Waals surface area contributed by atoms with Crippen molar-refractivity contribution in [1.29, 1.82) is 0 Å². The van der Waals surface area contributed by atoms with Gasteiger partial charge in [-0.25, -0.2) is 18.4 Å². The average molecular weight is 548 g/mol. The highest BCUT2D eigenvalue weighted by molar-refractivity contribution is 7.92. The van der Waals surface area contributed by atoms with Gasteiger partial charge >= 0.3 is 6.18 Å². The van der Waals surface area contributed by atoms with Gasteiger partial charge in [-0.15, -0.1) is 0 Å². The number of likely N-dealkylation sites (tertiary alicyclic amines) is 1. The van der Waals surface area contributed by atoms with E-state index >= 15 is 0 Å². The van der Waals surface area contributed by atoms with Crippen LogP contribution in [0, 0.1) is 5.41 Å². The van der Waals surface area contributed by atoms with Crippen LogP contribution in [0.15, 0.2) is 42.7 Å². The lowest BCUT2D eigenvalue weighted by Crippen LogP contribution is -2.60. The second-order valence-electron chi connectivity index (χ2n) is 10.6. The van der Waals surface area contributed by atoms with Crippen molar-refractivity contribution in [3.63, 3.8) is 0 Å². The Labute approximate surface area is 218 Å². The van der Waals surface area contributed by atoms with Crippen LogP contribution in [0.2, 0.25) is 0 Å². The molecule has 38 heavy (non-hydrogen) atoms. The predicted octanol–water partition coefficient (Wildman–Crippen LogP) is 3.97. The highest BCUT2D eigenvalue weighted by atomic mass is 32.2. The van der Waals surface area contributed by atoms with Crippen molar-refractivity contribution >= 4 is 32.4 Å². The summed E-state index contributed by atoms with van der Waals surface area (Å²) in [6.45, 7) is 4.38. The number of rotatable bonds is 4. The second-order valence-corrected chi connectivity index (χ2v) is 12.4. The van der Waals surface area contributed by atoms with Crippen LogP contribution in [0.5, 0.6) is 5.75 Å². The molecule has 6 rings (SSSR count). The van der Waals surface area contributed by atoms with Crippen molar-refractivity contribution < 1.29 is 26.3 Å². The maximum atomic E-state index is 12.9. The van der Waals surface area contributed by atoms with Crippen LogP contribution >= 0.6 is 0 Å². The molecule has 0 unspecified atom stereocenters. The first-order valence-electron chi connectivity index (χ1n) is 12.6. The molecule has 12 heteroatoms. The normalized spacial score (nSPS) is 20.8. The summed E-state index contributed by atoms with van der Waals surface area (Å²) in [6.07, 6.45) is -1.71. The van der Waals surface area contributed by atoms with Crippen molar-refractivity contribution in [1.82, 2.24) is 14.9 Å². The molecule has 3 aliphatic rings. The summed E-state index contributed by atoms with van der Waals surface area (Å²) in [5.41, 5.74) is 2.57. The first kappa shape index (κ1) is 25.2. The molecule has 0 bridgehead atoms. The van der Waals surface area contributed by atoms with Gasteiger partial charge in [0.05, 0.1) is 17.6 Å². The monoisotopic (exact) mass is 547 g/mol. The summed E-state index contributed by atoms with van der Waals surface area (Å²) in [7, 11) is -3.37. The number of alkyl halides is 3. The number of hydrogen-bond acceptors (Lipinski definition) is 7. The standard InChI is InChI=1S/C26H28F3N5O3S/c27-26(28,29)13-18-1-3-21-20(11-18)24(31-17-30-21)34-15-25(16-34)5-7-33(8-6-25)14-19-2-4-22-23(12-19)37-9-10-38(35,36)32-22/h1-4,11-12,17,32H,5-10,13-16H2. The fraction of sp³-hybridized carbons (Fsp3) is 0.462. The Kier molecular flexibility index (Phi) is 6.14. The van der Waals surface area contributed by atoms with E-state index < -0.39 is 22.6 Å². The van der Waals surface area contributed by atoms with Gasteiger partial charge in [0.25, 0.3) is 0 Å². The van der Waals surface area contributed by atoms with Crippen LogP contribution in [0.3, 0.4) is 0 Å². The number of hydrogen-bond donors (Lipinski definition) is 1. The van der Waals surface area contributed by atoms with E-state index in [0.717, 1.165) is 51.1 Å². The SMILES string of the molecule is O=S1(=O)CCOc2cc(CN3CCC4(CC3)CN(c3ncnc5ccc(CC(F)(F)F)cc35)C4)ccc2N1. The predicted molar refractivity (Wildman–Crippen MR) is 138 cm³/mol. The summed E-state index contributed by atoms with van der Waals surface area (Å²) in [4.78, 5) is 13.2. The van der Waals surface area contributed by atoms with Gasteiger partial charge in [0.1, 0.15) is 30.3 Å². The summed E-state index contributed by atoms with van der Waals surface area (Å²) < 4.78 is 70.9. The zero-order valence-electron chi connectivity index (χ0n) is 20.7. The highest BCUT2D eigenvalue weighted by Gasteiger charge is 2.45. The Balaban J connectivity index is 1.08. The minimum Gasteiger partial charge on any atom is -0.490 e. The van der Waals surface area contributed by atoms with Gasteiger partial charge in [-0.1, -0.05) is 12.1 Å². The van der Waals surface area contributed by atoms with Gasteiger partial charge < -0.3 is 9.64 Å². The summed E-state index contributed by atoms with van der Waals surface area (Å²) >= 11 is 0. The molecule has 1 aromatic heterocycles. The average Bonchev–Trinajstić information content (AvgIpc) is 2.98. The second kappa shape index (κ2) is 9.26. The van der Waals surface area contributed by atoms with Crippen LogP contribution in [0.25, 0.3) is 10.9 Å². The molecule has 1 N–H and O–H groups in total. The maximum Gasteiger partial charge on any atom is 0.393 e. The topological polar surface area (TPSA) is 87.7 Å². The molecule has 202 valence electrons. The van der Waals surface area contributed by atoms with E-state index in [1.54, 1.807) is 18.2 Å². The number of aromatic nitrogens is 2. The molecule has 2 saturated heterocycles. The maximum absolute atomic E-state index is 12.9. The Morgan fingerprint density at radius 1 is 1.03 bits per heavy atom. The summed E-state index contributed by atoms with van der Waals surface area (Å²) in [5.74, 6) is 1.19. The van der Waals surface area contributed by atoms with Gasteiger partial charge in [0.2, 0.25) is 10.0 Å². The number of anilines is 2. The zero-order chi connectivity index (χ0) is 26.5. The third-order valence-electron chi connectivity index (χ3n) is 7.68. The minimum atomic E-state index is -4.26. The Bertz CT molecular complexity index is 1460. The van der Waals surface area contributed by atoms with E-state index in [2.05, 4.69) is 24.5 Å². The number of halogens is 3. The van der Waals surface area contributed by atoms with Crippen LogP contribution in [0.4, 0.5) is 24.7 Å². The molecular formula is C26H28F3N5O3S. The Hall–Kier alpha value is -3.12. The lowest BCUT2D eigenvalue weighted by atomic mass is 9.72. The molecule has 2 fully saturated rings. The van der Waals surface area contributed by atoms with Crippen molar-refractivity contribution in [3.8, 4) is 5.75 Å². The van der Waals surface area contributed by atoms with Crippen LogP contribution in [-0.4, -0.2) is 68.0 Å². The molecule has 0 radical (unpaired) electrons. The van der Waals surface area contributed by atoms with Crippen LogP contribution in [-0.2, 0) is 23.0 Å². The largest absolute Gasteiger partial charge is 0.490 e. The van der Waals surface area contributed by atoms with Crippen molar-refractivity contribution in [2.75, 3.05) is 48.2 Å². The van der Waals surface area contributed by atoms with Gasteiger partial charge in [-0.2, -0.15) is 13.2 Å². The lowest BCUT2D eigenvalue weighted by molar-refractivity contribution is -0.127. The highest BCUT2D eigenvalue weighted by Crippen LogP contribution is 2.44. The van der Waals surface area contributed by atoms with Gasteiger partial charge in [-0.3, -0.25) is 9.62 Å². The van der Waals surface area contributed by atoms with Crippen molar-refractivity contribution in [2.24, 2.45) is 5.41 Å². The van der Waals surface area contributed by atoms with Gasteiger partial charge in [0, 0.05) is 30.4 Å². The van der Waals surface area contributed by atoms with Crippen LogP contribution < -0.4 is 14.4 Å². The van der Waals surface area contributed by atoms with E-state index in [1.165, 1.54) is 12.4 Å². The molecule has 0 saturated carbocycles. The minimum absolute atomic E-state index is 0.0677. The van der Waals surface area contributed by atoms with Crippen LogP contribution in [0.1, 0.15) is 24.0 Å². The lowest BCUT2D eigenvalue weighted by Gasteiger charge is -2.54. The fourth-order valence-electron chi connectivity index (χ4n) is 5.71. The third-order valence-corrected chi connectivity index (χ3v) is 8.91. The molecule has 0 aliphatic carbocycles. The Morgan fingerprint density at radius 3 is 2.55 bits per heavy atom. The fourth-order valence-corrected chi connectivity index (χ4v) is 6.61. The van der Waals surface area contributed by atoms with E-state index in [4.69, 9.17) is 4.74 Å². The molecule has 8 nitrogen and oxygen atoms in total. The van der Waals surface area contributed by atoms with Gasteiger partial charge in [0.15, 0.2) is 0 Å². The van der Waals surface area contributed by atoms with E-state index in [1.807, 2.05) is 12.1 Å². The number of nitrogens with one attached hydrogen (secondary N) is 1. The first-order valence-corrected chi connectivity index (χ1v) is 14.3. The molecule has 3 aromatic rings. The van der Waals surface area contributed by atoms with E-state index in [9.17, 15) is 21.6 Å². The molecule has 0 atom stereocenters. The van der Waals surface area contributed by atoms with Crippen molar-refractivity contribution in [2.45, 2.75) is 32.0 Å². The Morgan fingerprint density at radius 2 is 1.79 bits per heavy atom. The number of nitrogens with zero attached hydrogens (tertiary/aromatic N) is 4. The molecule has 0 amide bonds. The van der Waals surface area contributed by atoms with Crippen molar-refractivity contribution in [3.05, 3.63) is 53.9 Å². The number of ether oxygens (including phenoxy) is 1. The van der Waals surface area contributed by atoms with E-state index in [0.29, 0.717) is 28.2 Å². The quantitative estimate of drug-likeness (QED) is 0.529. The zero-order valence-corrected chi connectivity index (χ0v) is 21.5. The number of piperidine rings is 1. The molecule has 4 heterocycles. The van der Waals surface area contributed by atoms with Gasteiger partial charge in [-0.05, 0) is 61.3 Å². The number of sulfonamides is 1. The first-order chi connectivity index (χ1) is 18.1. The summed E-state index contributed by atoms with van der Waals surface area (Å²) in [5, 5.41) is 0.661. The number of fused-ring (bicyclic) bond motifs is 2. The summed E-state index contributed by atoms with van der Waals surface area (Å²) in [6, 6.07) is 10.3. The smallest absolute Gasteiger partial charge is 0.393 e. The van der Waals surface area contributed by atoms with E-state index in [-0.39, 0.29) is 23.3 Å². The number of benzene rings is 2. The molecule has 1 spiro atoms. The third kappa shape index (κ3) is 5.24. The molecule has 3 aliphatic heterocycles. The molecular weight excluding hydrogens is 519 g/mol. The molecule has 2 aromatic carbocycles.